The van der Waals surface area contributed by atoms with Gasteiger partial charge >= 0.3 is 0 Å². The second kappa shape index (κ2) is 5.87. The van der Waals surface area contributed by atoms with Crippen LogP contribution in [0.4, 0.5) is 0 Å². The zero-order valence-electron chi connectivity index (χ0n) is 12.9. The lowest BCUT2D eigenvalue weighted by atomic mass is 9.88. The molecule has 0 aromatic heterocycles. The summed E-state index contributed by atoms with van der Waals surface area (Å²) in [6, 6.07) is 11.6. The van der Waals surface area contributed by atoms with Crippen LogP contribution in [-0.2, 0) is 6.54 Å². The zero-order valence-corrected chi connectivity index (χ0v) is 12.9. The van der Waals surface area contributed by atoms with E-state index in [-0.39, 0.29) is 0 Å². The molecule has 1 aliphatic carbocycles. The molecular formula is C18H28N2. The molecule has 0 amide bonds. The van der Waals surface area contributed by atoms with Crippen molar-refractivity contribution in [3.05, 3.63) is 35.9 Å². The number of nitrogens with zero attached hydrogens (tertiary/aromatic N) is 1. The lowest BCUT2D eigenvalue weighted by Crippen LogP contribution is -2.64. The Morgan fingerprint density at radius 1 is 1.20 bits per heavy atom. The quantitative estimate of drug-likeness (QED) is 0.907. The molecule has 2 nitrogen and oxygen atoms in total. The van der Waals surface area contributed by atoms with Crippen LogP contribution in [0, 0.1) is 5.92 Å². The van der Waals surface area contributed by atoms with Crippen LogP contribution in [0.3, 0.4) is 0 Å². The summed E-state index contributed by atoms with van der Waals surface area (Å²) in [5.41, 5.74) is 1.89. The molecule has 0 bridgehead atoms. The van der Waals surface area contributed by atoms with E-state index in [9.17, 15) is 0 Å². The Morgan fingerprint density at radius 2 is 1.90 bits per heavy atom. The van der Waals surface area contributed by atoms with Gasteiger partial charge in [-0.05, 0) is 24.3 Å². The molecule has 110 valence electrons. The summed E-state index contributed by atoms with van der Waals surface area (Å²) in [4.78, 5) is 2.79. The van der Waals surface area contributed by atoms with E-state index in [0.29, 0.717) is 17.5 Å². The van der Waals surface area contributed by atoms with Crippen LogP contribution < -0.4 is 5.32 Å². The summed E-state index contributed by atoms with van der Waals surface area (Å²) in [5, 5.41) is 3.83. The van der Waals surface area contributed by atoms with Crippen LogP contribution in [0.15, 0.2) is 30.3 Å². The summed E-state index contributed by atoms with van der Waals surface area (Å²) in [6.07, 6.45) is 5.55. The third kappa shape index (κ3) is 2.77. The van der Waals surface area contributed by atoms with Gasteiger partial charge in [-0.15, -0.1) is 0 Å². The molecule has 1 unspecified atom stereocenters. The first-order valence-corrected chi connectivity index (χ1v) is 8.22. The number of piperazine rings is 1. The molecule has 1 saturated heterocycles. The summed E-state index contributed by atoms with van der Waals surface area (Å²) < 4.78 is 0. The molecule has 2 aliphatic rings. The highest BCUT2D eigenvalue weighted by Crippen LogP contribution is 2.38. The molecule has 1 heterocycles. The maximum atomic E-state index is 3.83. The molecule has 1 aromatic carbocycles. The second-order valence-electron chi connectivity index (χ2n) is 7.03. The highest BCUT2D eigenvalue weighted by Gasteiger charge is 2.43. The Hall–Kier alpha value is -0.860. The monoisotopic (exact) mass is 272 g/mol. The van der Waals surface area contributed by atoms with Crippen molar-refractivity contribution in [2.75, 3.05) is 13.1 Å². The van der Waals surface area contributed by atoms with Gasteiger partial charge in [0.25, 0.3) is 0 Å². The Morgan fingerprint density at radius 3 is 2.55 bits per heavy atom. The van der Waals surface area contributed by atoms with Gasteiger partial charge in [0.15, 0.2) is 0 Å². The van der Waals surface area contributed by atoms with Crippen molar-refractivity contribution in [3.8, 4) is 0 Å². The van der Waals surface area contributed by atoms with E-state index >= 15 is 0 Å². The van der Waals surface area contributed by atoms with E-state index in [4.69, 9.17) is 0 Å². The maximum absolute atomic E-state index is 3.83. The standard InChI is InChI=1S/C18H28N2/c1-15(2)17-13-20(12-16-8-4-3-5-9-16)18(14-19-17)10-6-7-11-18/h3-5,8-9,15,17,19H,6-7,10-14H2,1-2H3. The number of benzene rings is 1. The number of hydrogen-bond acceptors (Lipinski definition) is 2. The molecule has 0 radical (unpaired) electrons. The molecule has 1 aliphatic heterocycles. The van der Waals surface area contributed by atoms with Gasteiger partial charge in [-0.3, -0.25) is 4.90 Å². The summed E-state index contributed by atoms with van der Waals surface area (Å²) >= 11 is 0. The van der Waals surface area contributed by atoms with Crippen molar-refractivity contribution in [2.45, 2.75) is 57.7 Å². The minimum Gasteiger partial charge on any atom is -0.311 e. The predicted octanol–water partition coefficient (Wildman–Crippen LogP) is 3.43. The average molecular weight is 272 g/mol. The first-order valence-electron chi connectivity index (χ1n) is 8.22. The number of hydrogen-bond donors (Lipinski definition) is 1. The molecular weight excluding hydrogens is 244 g/mol. The van der Waals surface area contributed by atoms with Crippen molar-refractivity contribution < 1.29 is 0 Å². The lowest BCUT2D eigenvalue weighted by molar-refractivity contribution is 0.0261. The van der Waals surface area contributed by atoms with E-state index < -0.39 is 0 Å². The topological polar surface area (TPSA) is 15.3 Å². The fraction of sp³-hybridized carbons (Fsp3) is 0.667. The van der Waals surface area contributed by atoms with Crippen molar-refractivity contribution in [2.24, 2.45) is 5.92 Å². The molecule has 1 atom stereocenters. The molecule has 1 spiro atoms. The van der Waals surface area contributed by atoms with Gasteiger partial charge in [0, 0.05) is 31.2 Å². The van der Waals surface area contributed by atoms with Gasteiger partial charge in [0.2, 0.25) is 0 Å². The average Bonchev–Trinajstić information content (AvgIpc) is 2.92. The number of nitrogens with one attached hydrogen (secondary N) is 1. The van der Waals surface area contributed by atoms with Crippen molar-refractivity contribution in [1.29, 1.82) is 0 Å². The van der Waals surface area contributed by atoms with Crippen LogP contribution in [0.1, 0.15) is 45.1 Å². The van der Waals surface area contributed by atoms with Gasteiger partial charge < -0.3 is 5.32 Å². The highest BCUT2D eigenvalue weighted by molar-refractivity contribution is 5.16. The first kappa shape index (κ1) is 14.1. The Kier molecular flexibility index (Phi) is 4.13. The molecule has 3 rings (SSSR count). The third-order valence-corrected chi connectivity index (χ3v) is 5.34. The fourth-order valence-electron chi connectivity index (χ4n) is 3.94. The van der Waals surface area contributed by atoms with Crippen LogP contribution in [0.25, 0.3) is 0 Å². The number of rotatable bonds is 3. The van der Waals surface area contributed by atoms with Gasteiger partial charge in [0.1, 0.15) is 0 Å². The van der Waals surface area contributed by atoms with Gasteiger partial charge in [-0.25, -0.2) is 0 Å². The van der Waals surface area contributed by atoms with E-state index in [2.05, 4.69) is 54.4 Å². The highest BCUT2D eigenvalue weighted by atomic mass is 15.3. The van der Waals surface area contributed by atoms with Crippen LogP contribution in [0.2, 0.25) is 0 Å². The molecule has 20 heavy (non-hydrogen) atoms. The Bertz CT molecular complexity index is 420. The van der Waals surface area contributed by atoms with E-state index in [1.807, 2.05) is 0 Å². The lowest BCUT2D eigenvalue weighted by Gasteiger charge is -2.49. The molecule has 2 fully saturated rings. The van der Waals surface area contributed by atoms with Crippen molar-refractivity contribution in [1.82, 2.24) is 10.2 Å². The molecule has 1 saturated carbocycles. The van der Waals surface area contributed by atoms with Gasteiger partial charge in [-0.2, -0.15) is 0 Å². The Labute approximate surface area is 123 Å². The predicted molar refractivity (Wildman–Crippen MR) is 84.7 cm³/mol. The van der Waals surface area contributed by atoms with Crippen molar-refractivity contribution in [3.63, 3.8) is 0 Å². The maximum Gasteiger partial charge on any atom is 0.0338 e. The summed E-state index contributed by atoms with van der Waals surface area (Å²) in [5.74, 6) is 0.715. The van der Waals surface area contributed by atoms with Crippen LogP contribution in [-0.4, -0.2) is 29.6 Å². The summed E-state index contributed by atoms with van der Waals surface area (Å²) in [6.45, 7) is 8.18. The van der Waals surface area contributed by atoms with Crippen LogP contribution in [0.5, 0.6) is 0 Å². The SMILES string of the molecule is CC(C)C1CN(Cc2ccccc2)C2(CCCC2)CN1. The third-order valence-electron chi connectivity index (χ3n) is 5.34. The zero-order chi connectivity index (χ0) is 14.0. The largest absolute Gasteiger partial charge is 0.311 e. The molecule has 1 aromatic rings. The van der Waals surface area contributed by atoms with Crippen LogP contribution >= 0.6 is 0 Å². The molecule has 1 N–H and O–H groups in total. The minimum atomic E-state index is 0.432. The first-order chi connectivity index (χ1) is 9.70. The normalized spacial score (nSPS) is 26.4. The van der Waals surface area contributed by atoms with Gasteiger partial charge in [0.05, 0.1) is 0 Å². The smallest absolute Gasteiger partial charge is 0.0338 e. The fourth-order valence-corrected chi connectivity index (χ4v) is 3.94. The summed E-state index contributed by atoms with van der Waals surface area (Å²) in [7, 11) is 0. The van der Waals surface area contributed by atoms with E-state index in [0.717, 1.165) is 6.54 Å². The van der Waals surface area contributed by atoms with E-state index in [1.54, 1.807) is 0 Å². The molecule has 2 heteroatoms. The van der Waals surface area contributed by atoms with Gasteiger partial charge in [-0.1, -0.05) is 57.0 Å². The second-order valence-corrected chi connectivity index (χ2v) is 7.03. The Balaban J connectivity index is 1.78. The van der Waals surface area contributed by atoms with E-state index in [1.165, 1.54) is 44.3 Å². The minimum absolute atomic E-state index is 0.432. The van der Waals surface area contributed by atoms with Crippen molar-refractivity contribution >= 4 is 0 Å².